The monoisotopic (exact) mass is 641 g/mol. The topological polar surface area (TPSA) is 47.7 Å². The summed E-state index contributed by atoms with van der Waals surface area (Å²) in [4.78, 5) is 10.3. The molecule has 0 saturated carbocycles. The summed E-state index contributed by atoms with van der Waals surface area (Å²) >= 11 is 0. The van der Waals surface area contributed by atoms with Crippen molar-refractivity contribution in [2.75, 3.05) is 6.54 Å². The highest BCUT2D eigenvalue weighted by atomic mass is 15.0. The van der Waals surface area contributed by atoms with E-state index < -0.39 is 0 Å². The van der Waals surface area contributed by atoms with Gasteiger partial charge in [0.1, 0.15) is 0 Å². The predicted molar refractivity (Wildman–Crippen MR) is 207 cm³/mol. The molecule has 1 N–H and O–H groups in total. The van der Waals surface area contributed by atoms with Crippen molar-refractivity contribution in [2.24, 2.45) is 0 Å². The Balaban J connectivity index is 1.20. The van der Waals surface area contributed by atoms with Crippen LogP contribution in [0.25, 0.3) is 83.1 Å². The van der Waals surface area contributed by atoms with Crippen molar-refractivity contribution in [1.29, 1.82) is 0 Å². The molecule has 0 amide bonds. The Morgan fingerprint density at radius 3 is 1.60 bits per heavy atom. The summed E-state index contributed by atoms with van der Waals surface area (Å²) in [5.74, 6) is 0.683. The van der Waals surface area contributed by atoms with Crippen molar-refractivity contribution in [3.63, 3.8) is 0 Å². The van der Waals surface area contributed by atoms with E-state index in [1.807, 2.05) is 18.3 Å². The van der Waals surface area contributed by atoms with Crippen LogP contribution in [0.2, 0.25) is 0 Å². The van der Waals surface area contributed by atoms with Gasteiger partial charge in [0.25, 0.3) is 0 Å². The van der Waals surface area contributed by atoms with Crippen LogP contribution in [-0.2, 0) is 0 Å². The smallest absolute Gasteiger partial charge is 0.161 e. The van der Waals surface area contributed by atoms with Gasteiger partial charge in [0, 0.05) is 55.8 Å². The van der Waals surface area contributed by atoms with Crippen LogP contribution in [-0.4, -0.2) is 25.6 Å². The number of benzene rings is 6. The van der Waals surface area contributed by atoms with Gasteiger partial charge in [-0.05, 0) is 48.5 Å². The van der Waals surface area contributed by atoms with E-state index in [9.17, 15) is 0 Å². The molecule has 1 aliphatic heterocycles. The molecule has 1 aliphatic rings. The molecule has 0 fully saturated rings. The normalized spacial score (nSPS) is 13.1. The van der Waals surface area contributed by atoms with E-state index in [1.54, 1.807) is 0 Å². The number of nitrogens with zero attached hydrogens (tertiary/aromatic N) is 4. The van der Waals surface area contributed by atoms with Crippen LogP contribution < -0.4 is 5.32 Å². The lowest BCUT2D eigenvalue weighted by atomic mass is 10.1. The van der Waals surface area contributed by atoms with Crippen LogP contribution in [0, 0.1) is 0 Å². The van der Waals surface area contributed by atoms with Gasteiger partial charge in [0.05, 0.1) is 40.0 Å². The Labute approximate surface area is 289 Å². The molecule has 6 aromatic carbocycles. The summed E-state index contributed by atoms with van der Waals surface area (Å²) in [6.45, 7) is 0.668. The van der Waals surface area contributed by atoms with Crippen LogP contribution in [0.15, 0.2) is 170 Å². The fourth-order valence-electron chi connectivity index (χ4n) is 7.50. The third kappa shape index (κ3) is 4.55. The molecule has 10 rings (SSSR count). The van der Waals surface area contributed by atoms with Crippen molar-refractivity contribution in [1.82, 2.24) is 24.4 Å². The SMILES string of the molecule is C1=C(c2nc(-c3ccccc3)cc(-c3ccccc3)n2)C=C(n2c3ccccc3c3cc4c5ccccc5n(-c5ccccc5)c4cc32)CN1. The Hall–Kier alpha value is -6.72. The van der Waals surface area contributed by atoms with E-state index in [-0.39, 0.29) is 0 Å². The standard InChI is InChI=1S/C45H31N5/c1-4-14-30(15-5-1)39-26-40(31-16-6-2-7-17-31)48-45(47-39)32-24-34(29-46-28-32)50-42-23-13-11-21-36(42)38-25-37-35-20-10-12-22-41(35)49(43(37)27-44(38)50)33-18-8-3-9-19-33/h1-28,46H,29H2. The quantitative estimate of drug-likeness (QED) is 0.203. The Morgan fingerprint density at radius 2 is 0.980 bits per heavy atom. The molecule has 0 unspecified atom stereocenters. The lowest BCUT2D eigenvalue weighted by Crippen LogP contribution is -2.18. The molecule has 50 heavy (non-hydrogen) atoms. The molecule has 3 aromatic heterocycles. The fourth-order valence-corrected chi connectivity index (χ4v) is 7.50. The number of dihydropyridines is 1. The van der Waals surface area contributed by atoms with Crippen molar-refractivity contribution in [3.8, 4) is 28.2 Å². The van der Waals surface area contributed by atoms with Gasteiger partial charge < -0.3 is 14.5 Å². The summed E-state index contributed by atoms with van der Waals surface area (Å²) in [6, 6.07) is 55.6. The zero-order chi connectivity index (χ0) is 33.0. The van der Waals surface area contributed by atoms with Crippen LogP contribution in [0.4, 0.5) is 0 Å². The molecule has 0 aliphatic carbocycles. The van der Waals surface area contributed by atoms with Gasteiger partial charge in [0.15, 0.2) is 5.82 Å². The van der Waals surface area contributed by atoms with E-state index in [2.05, 4.69) is 166 Å². The van der Waals surface area contributed by atoms with Crippen molar-refractivity contribution in [3.05, 3.63) is 176 Å². The average molecular weight is 642 g/mol. The van der Waals surface area contributed by atoms with Crippen LogP contribution >= 0.6 is 0 Å². The minimum absolute atomic E-state index is 0.668. The van der Waals surface area contributed by atoms with Gasteiger partial charge >= 0.3 is 0 Å². The number of para-hydroxylation sites is 3. The van der Waals surface area contributed by atoms with E-state index in [4.69, 9.17) is 9.97 Å². The van der Waals surface area contributed by atoms with E-state index in [0.29, 0.717) is 12.4 Å². The fraction of sp³-hybridized carbons (Fsp3) is 0.0222. The first-order valence-corrected chi connectivity index (χ1v) is 17.0. The number of hydrogen-bond donors (Lipinski definition) is 1. The number of hydrogen-bond acceptors (Lipinski definition) is 3. The third-order valence-corrected chi connectivity index (χ3v) is 9.75. The Morgan fingerprint density at radius 1 is 0.460 bits per heavy atom. The first kappa shape index (κ1) is 28.3. The summed E-state index contributed by atoms with van der Waals surface area (Å²) in [5.41, 5.74) is 11.8. The highest BCUT2D eigenvalue weighted by molar-refractivity contribution is 6.19. The first-order chi connectivity index (χ1) is 24.8. The van der Waals surface area contributed by atoms with Crippen molar-refractivity contribution < 1.29 is 0 Å². The molecule has 0 radical (unpaired) electrons. The number of aromatic nitrogens is 4. The van der Waals surface area contributed by atoms with Gasteiger partial charge in [-0.1, -0.05) is 115 Å². The van der Waals surface area contributed by atoms with Gasteiger partial charge in [-0.15, -0.1) is 0 Å². The van der Waals surface area contributed by atoms with Crippen LogP contribution in [0.3, 0.4) is 0 Å². The Kier molecular flexibility index (Phi) is 6.49. The van der Waals surface area contributed by atoms with Crippen molar-refractivity contribution in [2.45, 2.75) is 0 Å². The number of nitrogens with one attached hydrogen (secondary N) is 1. The van der Waals surface area contributed by atoms with E-state index >= 15 is 0 Å². The molecule has 0 bridgehead atoms. The molecular weight excluding hydrogens is 611 g/mol. The van der Waals surface area contributed by atoms with Crippen LogP contribution in [0.5, 0.6) is 0 Å². The third-order valence-electron chi connectivity index (χ3n) is 9.75. The number of rotatable bonds is 5. The maximum atomic E-state index is 5.13. The molecular formula is C45H31N5. The van der Waals surface area contributed by atoms with E-state index in [0.717, 1.165) is 45.0 Å². The lowest BCUT2D eigenvalue weighted by Gasteiger charge is -2.19. The molecule has 0 spiro atoms. The molecule has 5 heteroatoms. The van der Waals surface area contributed by atoms with Crippen molar-refractivity contribution >= 4 is 54.9 Å². The summed E-state index contributed by atoms with van der Waals surface area (Å²) in [7, 11) is 0. The van der Waals surface area contributed by atoms with Gasteiger partial charge in [0.2, 0.25) is 0 Å². The molecule has 0 saturated heterocycles. The number of allylic oxidation sites excluding steroid dienone is 2. The molecule has 5 nitrogen and oxygen atoms in total. The zero-order valence-corrected chi connectivity index (χ0v) is 27.2. The molecule has 4 heterocycles. The predicted octanol–water partition coefficient (Wildman–Crippen LogP) is 10.5. The second-order valence-corrected chi connectivity index (χ2v) is 12.7. The highest BCUT2D eigenvalue weighted by Gasteiger charge is 2.21. The first-order valence-electron chi connectivity index (χ1n) is 17.0. The maximum Gasteiger partial charge on any atom is 0.161 e. The Bertz CT molecular complexity index is 2730. The second kappa shape index (κ2) is 11.5. The minimum atomic E-state index is 0.668. The number of fused-ring (bicyclic) bond motifs is 6. The van der Waals surface area contributed by atoms with Gasteiger partial charge in [-0.25, -0.2) is 9.97 Å². The van der Waals surface area contributed by atoms with Crippen LogP contribution in [0.1, 0.15) is 5.82 Å². The highest BCUT2D eigenvalue weighted by Crippen LogP contribution is 2.40. The lowest BCUT2D eigenvalue weighted by molar-refractivity contribution is 0.937. The second-order valence-electron chi connectivity index (χ2n) is 12.7. The largest absolute Gasteiger partial charge is 0.385 e. The zero-order valence-electron chi connectivity index (χ0n) is 27.2. The molecule has 0 atom stereocenters. The molecule has 9 aromatic rings. The van der Waals surface area contributed by atoms with Gasteiger partial charge in [-0.2, -0.15) is 0 Å². The summed E-state index contributed by atoms with van der Waals surface area (Å²) in [6.07, 6.45) is 4.29. The summed E-state index contributed by atoms with van der Waals surface area (Å²) in [5, 5.41) is 8.53. The maximum absolute atomic E-state index is 5.13. The van der Waals surface area contributed by atoms with E-state index in [1.165, 1.54) is 38.1 Å². The average Bonchev–Trinajstić information content (AvgIpc) is 3.70. The minimum Gasteiger partial charge on any atom is -0.385 e. The summed E-state index contributed by atoms with van der Waals surface area (Å²) < 4.78 is 4.80. The van der Waals surface area contributed by atoms with Gasteiger partial charge in [-0.3, -0.25) is 0 Å². The molecule has 236 valence electrons.